The van der Waals surface area contributed by atoms with Crippen LogP contribution in [0.2, 0.25) is 0 Å². The van der Waals surface area contributed by atoms with Gasteiger partial charge in [-0.05, 0) is 37.8 Å². The molecule has 134 valence electrons. The molecule has 0 saturated carbocycles. The molecule has 1 atom stereocenters. The molecule has 0 N–H and O–H groups in total. The minimum atomic E-state index is -0.176. The van der Waals surface area contributed by atoms with Gasteiger partial charge in [0.2, 0.25) is 5.91 Å². The van der Waals surface area contributed by atoms with Crippen molar-refractivity contribution in [1.82, 2.24) is 19.7 Å². The molecule has 0 bridgehead atoms. The summed E-state index contributed by atoms with van der Waals surface area (Å²) in [4.78, 5) is 20.2. The number of carbonyl (C=O) groups is 1. The third kappa shape index (κ3) is 5.19. The number of thioether (sulfide) groups is 1. The van der Waals surface area contributed by atoms with Crippen molar-refractivity contribution in [3.05, 3.63) is 54.1 Å². The maximum absolute atomic E-state index is 12.9. The lowest BCUT2D eigenvalue weighted by Crippen LogP contribution is -2.36. The molecule has 5 nitrogen and oxygen atoms in total. The Morgan fingerprint density at radius 2 is 2.04 bits per heavy atom. The fourth-order valence-corrected chi connectivity index (χ4v) is 3.13. The van der Waals surface area contributed by atoms with Crippen LogP contribution in [0.1, 0.15) is 24.1 Å². The Hall–Kier alpha value is -2.08. The summed E-state index contributed by atoms with van der Waals surface area (Å²) in [7, 11) is 0. The van der Waals surface area contributed by atoms with E-state index in [2.05, 4.69) is 47.2 Å². The van der Waals surface area contributed by atoms with Gasteiger partial charge in [-0.1, -0.05) is 25.1 Å². The third-order valence-corrected chi connectivity index (χ3v) is 4.77. The van der Waals surface area contributed by atoms with E-state index in [1.54, 1.807) is 22.5 Å². The Labute approximate surface area is 154 Å². The highest BCUT2D eigenvalue weighted by atomic mass is 32.2. The van der Waals surface area contributed by atoms with E-state index in [0.717, 1.165) is 17.2 Å². The van der Waals surface area contributed by atoms with Crippen LogP contribution in [0.5, 0.6) is 0 Å². The van der Waals surface area contributed by atoms with Gasteiger partial charge in [-0.3, -0.25) is 4.79 Å². The normalized spacial score (nSPS) is 12.0. The fraction of sp³-hybridized carbons (Fsp3) is 0.421. The van der Waals surface area contributed by atoms with Crippen molar-refractivity contribution in [3.63, 3.8) is 0 Å². The molecule has 0 unspecified atom stereocenters. The van der Waals surface area contributed by atoms with Crippen LogP contribution in [-0.2, 0) is 17.9 Å². The van der Waals surface area contributed by atoms with Gasteiger partial charge in [-0.2, -0.15) is 5.10 Å². The zero-order valence-electron chi connectivity index (χ0n) is 15.4. The first-order valence-electron chi connectivity index (χ1n) is 8.35. The number of aromatic nitrogens is 3. The van der Waals surface area contributed by atoms with Crippen LogP contribution < -0.4 is 0 Å². The quantitative estimate of drug-likeness (QED) is 0.536. The van der Waals surface area contributed by atoms with Crippen molar-refractivity contribution >= 4 is 17.7 Å². The molecule has 2 aromatic rings. The number of nitrogens with zero attached hydrogens (tertiary/aromatic N) is 4. The van der Waals surface area contributed by atoms with E-state index in [1.807, 2.05) is 25.7 Å². The second-order valence-corrected chi connectivity index (χ2v) is 7.02. The molecule has 1 heterocycles. The van der Waals surface area contributed by atoms with Crippen LogP contribution >= 0.6 is 11.8 Å². The lowest BCUT2D eigenvalue weighted by molar-refractivity contribution is -0.135. The largest absolute Gasteiger partial charge is 0.334 e. The van der Waals surface area contributed by atoms with Crippen LogP contribution in [0.4, 0.5) is 0 Å². The molecule has 6 heteroatoms. The second-order valence-electron chi connectivity index (χ2n) is 6.14. The first-order valence-corrected chi connectivity index (χ1v) is 9.57. The molecule has 0 spiro atoms. The molecule has 0 radical (unpaired) electrons. The Morgan fingerprint density at radius 1 is 1.36 bits per heavy atom. The number of benzene rings is 1. The zero-order valence-corrected chi connectivity index (χ0v) is 16.2. The molecule has 0 aliphatic carbocycles. The molecule has 0 fully saturated rings. The number of carbonyl (C=O) groups excluding carboxylic acids is 1. The molecule has 0 saturated heterocycles. The van der Waals surface area contributed by atoms with E-state index in [0.29, 0.717) is 19.6 Å². The van der Waals surface area contributed by atoms with Crippen LogP contribution in [0.3, 0.4) is 0 Å². The summed E-state index contributed by atoms with van der Waals surface area (Å²) in [6.45, 7) is 11.1. The Morgan fingerprint density at radius 3 is 2.56 bits per heavy atom. The predicted octanol–water partition coefficient (Wildman–Crippen LogP) is 3.47. The average Bonchev–Trinajstić information content (AvgIpc) is 2.91. The SMILES string of the molecule is C=CCN(Cc1ccc(SC)cc1)C(=O)[C@H](C)Cn1nc(C)nc1C. The lowest BCUT2D eigenvalue weighted by atomic mass is 10.1. The van der Waals surface area contributed by atoms with Crippen LogP contribution in [0.25, 0.3) is 0 Å². The van der Waals surface area contributed by atoms with E-state index in [-0.39, 0.29) is 11.8 Å². The minimum Gasteiger partial charge on any atom is -0.334 e. The molecular formula is C19H26N4OS. The van der Waals surface area contributed by atoms with Gasteiger partial charge in [-0.15, -0.1) is 18.3 Å². The number of rotatable bonds is 8. The van der Waals surface area contributed by atoms with Gasteiger partial charge in [0.1, 0.15) is 11.6 Å². The van der Waals surface area contributed by atoms with E-state index in [9.17, 15) is 4.79 Å². The lowest BCUT2D eigenvalue weighted by Gasteiger charge is -2.25. The van der Waals surface area contributed by atoms with Gasteiger partial charge in [0.05, 0.1) is 12.5 Å². The highest BCUT2D eigenvalue weighted by Crippen LogP contribution is 2.17. The van der Waals surface area contributed by atoms with Crippen molar-refractivity contribution in [2.24, 2.45) is 5.92 Å². The topological polar surface area (TPSA) is 51.0 Å². The Bertz CT molecular complexity index is 724. The smallest absolute Gasteiger partial charge is 0.227 e. The van der Waals surface area contributed by atoms with Crippen molar-refractivity contribution < 1.29 is 4.79 Å². The summed E-state index contributed by atoms with van der Waals surface area (Å²) >= 11 is 1.71. The van der Waals surface area contributed by atoms with Crippen LogP contribution in [0, 0.1) is 19.8 Å². The summed E-state index contributed by atoms with van der Waals surface area (Å²) in [5.41, 5.74) is 1.12. The predicted molar refractivity (Wildman–Crippen MR) is 102 cm³/mol. The molecule has 1 aromatic carbocycles. The zero-order chi connectivity index (χ0) is 18.4. The number of aryl methyl sites for hydroxylation is 2. The van der Waals surface area contributed by atoms with E-state index in [4.69, 9.17) is 0 Å². The van der Waals surface area contributed by atoms with Crippen molar-refractivity contribution in [1.29, 1.82) is 0 Å². The number of hydrogen-bond acceptors (Lipinski definition) is 4. The average molecular weight is 359 g/mol. The molecule has 1 aromatic heterocycles. The molecule has 0 aliphatic rings. The van der Waals surface area contributed by atoms with Gasteiger partial charge in [0.15, 0.2) is 0 Å². The Kier molecular flexibility index (Phi) is 6.82. The van der Waals surface area contributed by atoms with Gasteiger partial charge in [-0.25, -0.2) is 9.67 Å². The summed E-state index contributed by atoms with van der Waals surface area (Å²) in [6, 6.07) is 8.32. The van der Waals surface area contributed by atoms with Crippen molar-refractivity contribution in [2.45, 2.75) is 38.8 Å². The molecule has 0 aliphatic heterocycles. The highest BCUT2D eigenvalue weighted by Gasteiger charge is 2.21. The summed E-state index contributed by atoms with van der Waals surface area (Å²) < 4.78 is 1.80. The number of amides is 1. The molecule has 25 heavy (non-hydrogen) atoms. The summed E-state index contributed by atoms with van der Waals surface area (Å²) in [5, 5.41) is 4.35. The number of hydrogen-bond donors (Lipinski definition) is 0. The fourth-order valence-electron chi connectivity index (χ4n) is 2.72. The molecular weight excluding hydrogens is 332 g/mol. The maximum Gasteiger partial charge on any atom is 0.227 e. The standard InChI is InChI=1S/C19H26N4OS/c1-6-11-22(13-17-7-9-18(25-5)10-8-17)19(24)14(2)12-23-16(4)20-15(3)21-23/h6-10,14H,1,11-13H2,2-5H3/t14-/m1/s1. The molecule has 1 amide bonds. The third-order valence-electron chi connectivity index (χ3n) is 4.02. The van der Waals surface area contributed by atoms with E-state index >= 15 is 0 Å². The minimum absolute atomic E-state index is 0.0985. The van der Waals surface area contributed by atoms with Gasteiger partial charge >= 0.3 is 0 Å². The first-order chi connectivity index (χ1) is 11.9. The van der Waals surface area contributed by atoms with Gasteiger partial charge in [0, 0.05) is 18.0 Å². The van der Waals surface area contributed by atoms with Crippen LogP contribution in [0.15, 0.2) is 41.8 Å². The van der Waals surface area contributed by atoms with E-state index < -0.39 is 0 Å². The maximum atomic E-state index is 12.9. The summed E-state index contributed by atoms with van der Waals surface area (Å²) in [5.74, 6) is 1.49. The van der Waals surface area contributed by atoms with Gasteiger partial charge < -0.3 is 4.90 Å². The van der Waals surface area contributed by atoms with Crippen LogP contribution in [-0.4, -0.2) is 38.4 Å². The molecule has 2 rings (SSSR count). The van der Waals surface area contributed by atoms with E-state index in [1.165, 1.54) is 4.90 Å². The summed E-state index contributed by atoms with van der Waals surface area (Å²) in [6.07, 6.45) is 3.82. The van der Waals surface area contributed by atoms with Crippen molar-refractivity contribution in [3.8, 4) is 0 Å². The van der Waals surface area contributed by atoms with Crippen molar-refractivity contribution in [2.75, 3.05) is 12.8 Å². The highest BCUT2D eigenvalue weighted by molar-refractivity contribution is 7.98. The first kappa shape index (κ1) is 19.2. The Balaban J connectivity index is 2.07. The van der Waals surface area contributed by atoms with Gasteiger partial charge in [0.25, 0.3) is 0 Å². The second kappa shape index (κ2) is 8.85. The monoisotopic (exact) mass is 358 g/mol.